The van der Waals surface area contributed by atoms with Crippen molar-refractivity contribution in [1.29, 1.82) is 0 Å². The van der Waals surface area contributed by atoms with Crippen LogP contribution in [0.15, 0.2) is 12.2 Å². The van der Waals surface area contributed by atoms with Gasteiger partial charge in [0.2, 0.25) is 0 Å². The normalized spacial score (nSPS) is 10.9. The lowest BCUT2D eigenvalue weighted by molar-refractivity contribution is -0.137. The van der Waals surface area contributed by atoms with Gasteiger partial charge in [-0.05, 0) is 19.3 Å². The molecule has 4 nitrogen and oxygen atoms in total. The third kappa shape index (κ3) is 14.7. The van der Waals surface area contributed by atoms with Crippen LogP contribution in [0.3, 0.4) is 0 Å². The average Bonchev–Trinajstić information content (AvgIpc) is 2.29. The third-order valence-corrected chi connectivity index (χ3v) is 2.77. The van der Waals surface area contributed by atoms with Crippen LogP contribution >= 0.6 is 0 Å². The number of rotatable bonds is 12. The predicted molar refractivity (Wildman–Crippen MR) is 70.6 cm³/mol. The first kappa shape index (κ1) is 16.7. The van der Waals surface area contributed by atoms with Crippen LogP contribution in [0.2, 0.25) is 0 Å². The molecule has 0 fully saturated rings. The molecule has 0 radical (unpaired) electrons. The van der Waals surface area contributed by atoms with E-state index < -0.39 is 11.9 Å². The molecule has 0 bridgehead atoms. The topological polar surface area (TPSA) is 74.6 Å². The molecule has 104 valence electrons. The molecule has 4 heteroatoms. The molecule has 0 unspecified atom stereocenters. The second-order valence-electron chi connectivity index (χ2n) is 4.50. The number of unbranched alkanes of at least 4 members (excludes halogenated alkanes) is 8. The molecule has 0 rings (SSSR count). The van der Waals surface area contributed by atoms with E-state index >= 15 is 0 Å². The van der Waals surface area contributed by atoms with Crippen molar-refractivity contribution in [3.63, 3.8) is 0 Å². The highest BCUT2D eigenvalue weighted by atomic mass is 16.4. The lowest BCUT2D eigenvalue weighted by Crippen LogP contribution is -1.93. The Bertz CT molecular complexity index is 259. The summed E-state index contributed by atoms with van der Waals surface area (Å²) in [5.74, 6) is -1.58. The zero-order valence-electron chi connectivity index (χ0n) is 10.9. The van der Waals surface area contributed by atoms with E-state index in [-0.39, 0.29) is 6.42 Å². The van der Waals surface area contributed by atoms with E-state index in [1.165, 1.54) is 25.3 Å². The molecule has 2 N–H and O–H groups in total. The number of hydrogen-bond donors (Lipinski definition) is 2. The van der Waals surface area contributed by atoms with Gasteiger partial charge in [0.05, 0.1) is 0 Å². The van der Waals surface area contributed by atoms with Crippen molar-refractivity contribution in [3.05, 3.63) is 12.2 Å². The fourth-order valence-electron chi connectivity index (χ4n) is 1.78. The highest BCUT2D eigenvalue weighted by molar-refractivity contribution is 5.79. The molecule has 0 heterocycles. The summed E-state index contributed by atoms with van der Waals surface area (Å²) >= 11 is 0. The first-order valence-corrected chi connectivity index (χ1v) is 6.74. The van der Waals surface area contributed by atoms with E-state index in [0.717, 1.165) is 38.5 Å². The fourth-order valence-corrected chi connectivity index (χ4v) is 1.78. The van der Waals surface area contributed by atoms with E-state index in [1.54, 1.807) is 6.08 Å². The van der Waals surface area contributed by atoms with Gasteiger partial charge in [0.15, 0.2) is 0 Å². The van der Waals surface area contributed by atoms with Crippen molar-refractivity contribution < 1.29 is 19.8 Å². The van der Waals surface area contributed by atoms with Crippen LogP contribution in [0.25, 0.3) is 0 Å². The molecule has 0 aliphatic rings. The zero-order chi connectivity index (χ0) is 13.6. The number of carboxylic acids is 2. The Morgan fingerprint density at radius 2 is 1.28 bits per heavy atom. The Kier molecular flexibility index (Phi) is 11.3. The molecule has 0 aliphatic carbocycles. The summed E-state index contributed by atoms with van der Waals surface area (Å²) in [4.78, 5) is 20.4. The smallest absolute Gasteiger partial charge is 0.327 e. The lowest BCUT2D eigenvalue weighted by atomic mass is 10.1. The van der Waals surface area contributed by atoms with Crippen LogP contribution in [0.5, 0.6) is 0 Å². The van der Waals surface area contributed by atoms with Crippen molar-refractivity contribution in [1.82, 2.24) is 0 Å². The van der Waals surface area contributed by atoms with E-state index in [9.17, 15) is 9.59 Å². The van der Waals surface area contributed by atoms with Gasteiger partial charge in [-0.15, -0.1) is 0 Å². The minimum Gasteiger partial charge on any atom is -0.481 e. The summed E-state index contributed by atoms with van der Waals surface area (Å²) in [6.07, 6.45) is 12.7. The number of aliphatic carboxylic acids is 2. The summed E-state index contributed by atoms with van der Waals surface area (Å²) in [5, 5.41) is 16.8. The Morgan fingerprint density at radius 3 is 1.78 bits per heavy atom. The van der Waals surface area contributed by atoms with Crippen molar-refractivity contribution in [3.8, 4) is 0 Å². The van der Waals surface area contributed by atoms with Crippen LogP contribution in [-0.4, -0.2) is 22.2 Å². The first-order chi connectivity index (χ1) is 8.63. The van der Waals surface area contributed by atoms with Gasteiger partial charge in [-0.1, -0.05) is 44.6 Å². The highest BCUT2D eigenvalue weighted by Crippen LogP contribution is 2.10. The SMILES string of the molecule is O=C(O)/C=C\CCCCCCCCCCC(=O)O. The molecular weight excluding hydrogens is 232 g/mol. The second-order valence-corrected chi connectivity index (χ2v) is 4.50. The minimum atomic E-state index is -0.878. The largest absolute Gasteiger partial charge is 0.481 e. The molecule has 0 saturated heterocycles. The Balaban J connectivity index is 3.07. The van der Waals surface area contributed by atoms with Crippen molar-refractivity contribution in [2.75, 3.05) is 0 Å². The standard InChI is InChI=1S/C14H24O4/c15-13(16)11-9-7-5-3-1-2-4-6-8-10-12-14(17)18/h9,11H,1-8,10,12H2,(H,15,16)(H,17,18)/b11-9-. The Labute approximate surface area is 109 Å². The Hall–Kier alpha value is -1.32. The molecule has 0 aromatic heterocycles. The third-order valence-electron chi connectivity index (χ3n) is 2.77. The van der Waals surface area contributed by atoms with Gasteiger partial charge in [0.25, 0.3) is 0 Å². The van der Waals surface area contributed by atoms with Crippen LogP contribution in [0.4, 0.5) is 0 Å². The summed E-state index contributed by atoms with van der Waals surface area (Å²) in [6.45, 7) is 0. The summed E-state index contributed by atoms with van der Waals surface area (Å²) < 4.78 is 0. The highest BCUT2D eigenvalue weighted by Gasteiger charge is 1.96. The van der Waals surface area contributed by atoms with E-state index in [2.05, 4.69) is 0 Å². The van der Waals surface area contributed by atoms with Crippen LogP contribution in [0, 0.1) is 0 Å². The van der Waals surface area contributed by atoms with Crippen molar-refractivity contribution in [2.45, 2.75) is 64.2 Å². The van der Waals surface area contributed by atoms with Gasteiger partial charge >= 0.3 is 11.9 Å². The van der Waals surface area contributed by atoms with Crippen LogP contribution in [-0.2, 0) is 9.59 Å². The van der Waals surface area contributed by atoms with E-state index in [1.807, 2.05) is 0 Å². The molecular formula is C14H24O4. The molecule has 0 aromatic rings. The summed E-state index contributed by atoms with van der Waals surface area (Å²) in [6, 6.07) is 0. The van der Waals surface area contributed by atoms with E-state index in [0.29, 0.717) is 0 Å². The van der Waals surface area contributed by atoms with Gasteiger partial charge in [-0.25, -0.2) is 4.79 Å². The summed E-state index contributed by atoms with van der Waals surface area (Å²) in [7, 11) is 0. The van der Waals surface area contributed by atoms with Gasteiger partial charge in [-0.2, -0.15) is 0 Å². The average molecular weight is 256 g/mol. The van der Waals surface area contributed by atoms with Crippen molar-refractivity contribution in [2.24, 2.45) is 0 Å². The minimum absolute atomic E-state index is 0.288. The summed E-state index contributed by atoms with van der Waals surface area (Å²) in [5.41, 5.74) is 0. The number of carbonyl (C=O) groups is 2. The maximum absolute atomic E-state index is 10.3. The maximum atomic E-state index is 10.3. The molecule has 0 spiro atoms. The monoisotopic (exact) mass is 256 g/mol. The van der Waals surface area contributed by atoms with Gasteiger partial charge in [0, 0.05) is 12.5 Å². The fraction of sp³-hybridized carbons (Fsp3) is 0.714. The second kappa shape index (κ2) is 12.1. The van der Waals surface area contributed by atoms with Gasteiger partial charge in [0.1, 0.15) is 0 Å². The lowest BCUT2D eigenvalue weighted by Gasteiger charge is -2.00. The van der Waals surface area contributed by atoms with Crippen LogP contribution < -0.4 is 0 Å². The van der Waals surface area contributed by atoms with Crippen LogP contribution in [0.1, 0.15) is 64.2 Å². The number of carboxylic acid groups (broad SMARTS) is 2. The first-order valence-electron chi connectivity index (χ1n) is 6.74. The van der Waals surface area contributed by atoms with Gasteiger partial charge in [-0.3, -0.25) is 4.79 Å². The number of hydrogen-bond acceptors (Lipinski definition) is 2. The van der Waals surface area contributed by atoms with Gasteiger partial charge < -0.3 is 10.2 Å². The maximum Gasteiger partial charge on any atom is 0.327 e. The molecule has 0 amide bonds. The quantitative estimate of drug-likeness (QED) is 0.413. The Morgan fingerprint density at radius 1 is 0.778 bits per heavy atom. The predicted octanol–water partition coefficient (Wildman–Crippen LogP) is 3.61. The van der Waals surface area contributed by atoms with E-state index in [4.69, 9.17) is 10.2 Å². The molecule has 0 saturated carbocycles. The zero-order valence-corrected chi connectivity index (χ0v) is 10.9. The number of allylic oxidation sites excluding steroid dienone is 1. The molecule has 18 heavy (non-hydrogen) atoms. The van der Waals surface area contributed by atoms with Crippen molar-refractivity contribution >= 4 is 11.9 Å². The molecule has 0 aromatic carbocycles. The molecule has 0 aliphatic heterocycles. The molecule has 0 atom stereocenters.